The third kappa shape index (κ3) is 1.79. The number of hydrogen-bond donors (Lipinski definition) is 1. The predicted octanol–water partition coefficient (Wildman–Crippen LogP) is 2.93. The number of rotatable bonds is 0. The Morgan fingerprint density at radius 1 is 1.50 bits per heavy atom. The Balaban J connectivity index is 2.53. The molecule has 14 heavy (non-hydrogen) atoms. The predicted molar refractivity (Wildman–Crippen MR) is 60.5 cm³/mol. The Morgan fingerprint density at radius 2 is 2.29 bits per heavy atom. The molecule has 0 radical (unpaired) electrons. The first kappa shape index (κ1) is 9.99. The van der Waals surface area contributed by atoms with Crippen LogP contribution in [0.4, 0.5) is 0 Å². The molecule has 76 valence electrons. The van der Waals surface area contributed by atoms with Crippen molar-refractivity contribution in [2.24, 2.45) is 5.73 Å². The van der Waals surface area contributed by atoms with Gasteiger partial charge in [0.1, 0.15) is 5.75 Å². The van der Waals surface area contributed by atoms with Crippen molar-refractivity contribution in [2.75, 3.05) is 6.61 Å². The van der Waals surface area contributed by atoms with Crippen molar-refractivity contribution in [2.45, 2.75) is 25.8 Å². The highest BCUT2D eigenvalue weighted by Gasteiger charge is 2.18. The van der Waals surface area contributed by atoms with Gasteiger partial charge >= 0.3 is 0 Å². The largest absolute Gasteiger partial charge is 0.492 e. The van der Waals surface area contributed by atoms with E-state index in [-0.39, 0.29) is 6.04 Å². The van der Waals surface area contributed by atoms with E-state index in [1.807, 2.05) is 0 Å². The molecule has 0 bridgehead atoms. The first-order valence-electron chi connectivity index (χ1n) is 4.87. The third-order valence-corrected chi connectivity index (χ3v) is 3.11. The molecular formula is C11H14BrNO. The topological polar surface area (TPSA) is 35.2 Å². The minimum Gasteiger partial charge on any atom is -0.492 e. The highest BCUT2D eigenvalue weighted by Crippen LogP contribution is 2.37. The van der Waals surface area contributed by atoms with Crippen LogP contribution in [-0.2, 0) is 0 Å². The van der Waals surface area contributed by atoms with Gasteiger partial charge in [0.25, 0.3) is 0 Å². The van der Waals surface area contributed by atoms with Gasteiger partial charge in [0, 0.05) is 11.6 Å². The molecule has 1 atom stereocenters. The second-order valence-electron chi connectivity index (χ2n) is 3.76. The lowest BCUT2D eigenvalue weighted by atomic mass is 10.0. The minimum atomic E-state index is 0.115. The Bertz CT molecular complexity index is 351. The standard InChI is InChI=1S/C11H14BrNO/c1-7-5-8-10(13)3-2-4-14-11(8)9(12)6-7/h5-6,10H,2-4,13H2,1H3. The van der Waals surface area contributed by atoms with E-state index in [9.17, 15) is 0 Å². The molecule has 0 saturated carbocycles. The van der Waals surface area contributed by atoms with E-state index in [2.05, 4.69) is 35.0 Å². The van der Waals surface area contributed by atoms with Crippen molar-refractivity contribution in [3.05, 3.63) is 27.7 Å². The lowest BCUT2D eigenvalue weighted by Gasteiger charge is -2.14. The lowest BCUT2D eigenvalue weighted by molar-refractivity contribution is 0.314. The van der Waals surface area contributed by atoms with Crippen LogP contribution in [0, 0.1) is 6.92 Å². The molecule has 3 heteroatoms. The van der Waals surface area contributed by atoms with Gasteiger partial charge in [0.05, 0.1) is 11.1 Å². The second-order valence-corrected chi connectivity index (χ2v) is 4.62. The van der Waals surface area contributed by atoms with Crippen LogP contribution in [-0.4, -0.2) is 6.61 Å². The van der Waals surface area contributed by atoms with Crippen molar-refractivity contribution in [3.8, 4) is 5.75 Å². The van der Waals surface area contributed by atoms with Crippen LogP contribution < -0.4 is 10.5 Å². The van der Waals surface area contributed by atoms with Crippen LogP contribution in [0.1, 0.15) is 30.0 Å². The maximum absolute atomic E-state index is 6.08. The monoisotopic (exact) mass is 255 g/mol. The van der Waals surface area contributed by atoms with E-state index in [4.69, 9.17) is 10.5 Å². The molecule has 0 aliphatic carbocycles. The highest BCUT2D eigenvalue weighted by atomic mass is 79.9. The summed E-state index contributed by atoms with van der Waals surface area (Å²) in [7, 11) is 0. The van der Waals surface area contributed by atoms with Gasteiger partial charge in [-0.15, -0.1) is 0 Å². The van der Waals surface area contributed by atoms with E-state index in [1.165, 1.54) is 5.56 Å². The average molecular weight is 256 g/mol. The number of benzene rings is 1. The zero-order valence-electron chi connectivity index (χ0n) is 8.22. The number of halogens is 1. The summed E-state index contributed by atoms with van der Waals surface area (Å²) in [6.07, 6.45) is 2.03. The molecule has 2 rings (SSSR count). The normalized spacial score (nSPS) is 20.9. The van der Waals surface area contributed by atoms with Crippen LogP contribution in [0.15, 0.2) is 16.6 Å². The number of hydrogen-bond acceptors (Lipinski definition) is 2. The number of fused-ring (bicyclic) bond motifs is 1. The average Bonchev–Trinajstić information content (AvgIpc) is 2.29. The summed E-state index contributed by atoms with van der Waals surface area (Å²) in [5.74, 6) is 0.931. The summed E-state index contributed by atoms with van der Waals surface area (Å²) in [4.78, 5) is 0. The maximum Gasteiger partial charge on any atom is 0.138 e. The molecule has 2 nitrogen and oxygen atoms in total. The van der Waals surface area contributed by atoms with E-state index in [0.29, 0.717) is 0 Å². The summed E-state index contributed by atoms with van der Waals surface area (Å²) in [6, 6.07) is 4.30. The summed E-state index contributed by atoms with van der Waals surface area (Å²) < 4.78 is 6.70. The number of nitrogens with two attached hydrogens (primary N) is 1. The van der Waals surface area contributed by atoms with Crippen LogP contribution >= 0.6 is 15.9 Å². The number of ether oxygens (including phenoxy) is 1. The second kappa shape index (κ2) is 3.91. The minimum absolute atomic E-state index is 0.115. The Morgan fingerprint density at radius 3 is 3.07 bits per heavy atom. The van der Waals surface area contributed by atoms with Gasteiger partial charge in [0.2, 0.25) is 0 Å². The van der Waals surface area contributed by atoms with Crippen LogP contribution in [0.2, 0.25) is 0 Å². The van der Waals surface area contributed by atoms with Gasteiger partial charge < -0.3 is 10.5 Å². The van der Waals surface area contributed by atoms with E-state index in [1.54, 1.807) is 0 Å². The van der Waals surface area contributed by atoms with E-state index < -0.39 is 0 Å². The van der Waals surface area contributed by atoms with Crippen molar-refractivity contribution in [1.29, 1.82) is 0 Å². The van der Waals surface area contributed by atoms with Crippen molar-refractivity contribution in [3.63, 3.8) is 0 Å². The van der Waals surface area contributed by atoms with Gasteiger partial charge in [-0.05, 0) is 47.3 Å². The van der Waals surface area contributed by atoms with Crippen LogP contribution in [0.3, 0.4) is 0 Å². The molecule has 0 fully saturated rings. The fourth-order valence-electron chi connectivity index (χ4n) is 1.82. The molecule has 0 aromatic heterocycles. The molecule has 1 heterocycles. The fraction of sp³-hybridized carbons (Fsp3) is 0.455. The lowest BCUT2D eigenvalue weighted by Crippen LogP contribution is -2.09. The first-order valence-corrected chi connectivity index (χ1v) is 5.66. The van der Waals surface area contributed by atoms with Crippen LogP contribution in [0.5, 0.6) is 5.75 Å². The molecule has 1 aliphatic heterocycles. The van der Waals surface area contributed by atoms with Crippen molar-refractivity contribution < 1.29 is 4.74 Å². The molecule has 0 saturated heterocycles. The Kier molecular flexibility index (Phi) is 2.79. The van der Waals surface area contributed by atoms with Crippen LogP contribution in [0.25, 0.3) is 0 Å². The third-order valence-electron chi connectivity index (χ3n) is 2.52. The van der Waals surface area contributed by atoms with E-state index in [0.717, 1.165) is 35.2 Å². The summed E-state index contributed by atoms with van der Waals surface area (Å²) >= 11 is 3.51. The molecule has 0 amide bonds. The fourth-order valence-corrected chi connectivity index (χ4v) is 2.52. The van der Waals surface area contributed by atoms with Gasteiger partial charge in [0.15, 0.2) is 0 Å². The van der Waals surface area contributed by atoms with Gasteiger partial charge in [-0.3, -0.25) is 0 Å². The summed E-state index contributed by atoms with van der Waals surface area (Å²) in [6.45, 7) is 2.84. The zero-order valence-corrected chi connectivity index (χ0v) is 9.80. The molecule has 1 aromatic carbocycles. The number of aryl methyl sites for hydroxylation is 1. The van der Waals surface area contributed by atoms with Gasteiger partial charge in [-0.1, -0.05) is 6.07 Å². The highest BCUT2D eigenvalue weighted by molar-refractivity contribution is 9.10. The maximum atomic E-state index is 6.08. The SMILES string of the molecule is Cc1cc(Br)c2c(c1)C(N)CCCO2. The van der Waals surface area contributed by atoms with Gasteiger partial charge in [-0.2, -0.15) is 0 Å². The Labute approximate surface area is 92.6 Å². The first-order chi connectivity index (χ1) is 6.68. The van der Waals surface area contributed by atoms with E-state index >= 15 is 0 Å². The van der Waals surface area contributed by atoms with Gasteiger partial charge in [-0.25, -0.2) is 0 Å². The molecule has 1 aromatic rings. The molecular weight excluding hydrogens is 242 g/mol. The molecule has 0 spiro atoms. The molecule has 1 unspecified atom stereocenters. The zero-order chi connectivity index (χ0) is 10.1. The summed E-state index contributed by atoms with van der Waals surface area (Å²) in [5, 5.41) is 0. The smallest absolute Gasteiger partial charge is 0.138 e. The molecule has 2 N–H and O–H groups in total. The van der Waals surface area contributed by atoms with Crippen molar-refractivity contribution in [1.82, 2.24) is 0 Å². The Hall–Kier alpha value is -0.540. The van der Waals surface area contributed by atoms with Crippen molar-refractivity contribution >= 4 is 15.9 Å². The molecule has 1 aliphatic rings. The summed E-state index contributed by atoms with van der Waals surface area (Å²) in [5.41, 5.74) is 8.44. The quantitative estimate of drug-likeness (QED) is 0.774.